The van der Waals surface area contributed by atoms with Gasteiger partial charge in [-0.2, -0.15) is 11.8 Å². The Bertz CT molecular complexity index is 175. The summed E-state index contributed by atoms with van der Waals surface area (Å²) in [7, 11) is 0. The fraction of sp³-hybridized carbons (Fsp3) is 1.00. The zero-order valence-corrected chi connectivity index (χ0v) is 11.3. The Hall–Kier alpha value is 0.270. The standard InChI is InChI=1S/C12H26N2S/c1-4-12(2)11-14(9-7-13-12)8-5-6-10-15-3/h13H,4-11H2,1-3H3. The van der Waals surface area contributed by atoms with Crippen LogP contribution in [0.15, 0.2) is 0 Å². The largest absolute Gasteiger partial charge is 0.309 e. The Morgan fingerprint density at radius 3 is 2.87 bits per heavy atom. The van der Waals surface area contributed by atoms with Gasteiger partial charge in [-0.25, -0.2) is 0 Å². The molecule has 1 N–H and O–H groups in total. The predicted molar refractivity (Wildman–Crippen MR) is 70.8 cm³/mol. The van der Waals surface area contributed by atoms with Gasteiger partial charge in [0.2, 0.25) is 0 Å². The maximum atomic E-state index is 3.63. The average molecular weight is 230 g/mol. The Morgan fingerprint density at radius 1 is 1.40 bits per heavy atom. The molecule has 1 aliphatic rings. The summed E-state index contributed by atoms with van der Waals surface area (Å²) in [6.07, 6.45) is 6.15. The normalized spacial score (nSPS) is 28.2. The molecule has 1 aliphatic heterocycles. The Morgan fingerprint density at radius 2 is 2.20 bits per heavy atom. The molecule has 1 rings (SSSR count). The molecule has 1 heterocycles. The first kappa shape index (κ1) is 13.3. The van der Waals surface area contributed by atoms with E-state index in [0.29, 0.717) is 5.54 Å². The topological polar surface area (TPSA) is 15.3 Å². The van der Waals surface area contributed by atoms with E-state index in [-0.39, 0.29) is 0 Å². The molecule has 0 amide bonds. The van der Waals surface area contributed by atoms with E-state index in [2.05, 4.69) is 30.3 Å². The summed E-state index contributed by atoms with van der Waals surface area (Å²) in [5.74, 6) is 1.32. The van der Waals surface area contributed by atoms with E-state index >= 15 is 0 Å². The number of rotatable bonds is 6. The molecular weight excluding hydrogens is 204 g/mol. The first-order valence-corrected chi connectivity index (χ1v) is 7.56. The molecule has 1 atom stereocenters. The van der Waals surface area contributed by atoms with Gasteiger partial charge in [0.15, 0.2) is 0 Å². The lowest BCUT2D eigenvalue weighted by Gasteiger charge is -2.41. The zero-order chi connectivity index (χ0) is 11.1. The van der Waals surface area contributed by atoms with Crippen LogP contribution in [0.5, 0.6) is 0 Å². The number of nitrogens with zero attached hydrogens (tertiary/aromatic N) is 1. The van der Waals surface area contributed by atoms with Gasteiger partial charge < -0.3 is 10.2 Å². The van der Waals surface area contributed by atoms with Crippen molar-refractivity contribution in [2.75, 3.05) is 38.2 Å². The Kier molecular flexibility index (Phi) is 6.02. The summed E-state index contributed by atoms with van der Waals surface area (Å²) in [5, 5.41) is 3.63. The van der Waals surface area contributed by atoms with E-state index < -0.39 is 0 Å². The summed E-state index contributed by atoms with van der Waals surface area (Å²) in [6, 6.07) is 0. The molecule has 3 heteroatoms. The number of nitrogens with one attached hydrogen (secondary N) is 1. The maximum absolute atomic E-state index is 3.63. The van der Waals surface area contributed by atoms with Crippen LogP contribution in [0.3, 0.4) is 0 Å². The Labute approximate surface area is 99.2 Å². The van der Waals surface area contributed by atoms with Crippen LogP contribution >= 0.6 is 11.8 Å². The predicted octanol–water partition coefficient (Wildman–Crippen LogP) is 2.20. The molecule has 0 aromatic rings. The van der Waals surface area contributed by atoms with Crippen LogP contribution in [0.1, 0.15) is 33.1 Å². The van der Waals surface area contributed by atoms with Crippen LogP contribution in [0.2, 0.25) is 0 Å². The third kappa shape index (κ3) is 4.75. The number of unbranched alkanes of at least 4 members (excludes halogenated alkanes) is 1. The van der Waals surface area contributed by atoms with E-state index in [9.17, 15) is 0 Å². The third-order valence-electron chi connectivity index (χ3n) is 3.41. The van der Waals surface area contributed by atoms with Crippen molar-refractivity contribution in [3.63, 3.8) is 0 Å². The second-order valence-electron chi connectivity index (χ2n) is 4.82. The van der Waals surface area contributed by atoms with E-state index in [1.807, 2.05) is 11.8 Å². The molecule has 0 spiro atoms. The minimum Gasteiger partial charge on any atom is -0.309 e. The molecule has 0 radical (unpaired) electrons. The van der Waals surface area contributed by atoms with Crippen molar-refractivity contribution in [1.82, 2.24) is 10.2 Å². The van der Waals surface area contributed by atoms with Crippen molar-refractivity contribution >= 4 is 11.8 Å². The van der Waals surface area contributed by atoms with Crippen LogP contribution in [-0.4, -0.2) is 48.6 Å². The van der Waals surface area contributed by atoms with E-state index in [1.165, 1.54) is 44.6 Å². The fourth-order valence-corrected chi connectivity index (χ4v) is 2.65. The number of piperazine rings is 1. The van der Waals surface area contributed by atoms with Gasteiger partial charge in [-0.1, -0.05) is 6.92 Å². The van der Waals surface area contributed by atoms with Crippen LogP contribution in [0.4, 0.5) is 0 Å². The molecule has 1 fully saturated rings. The number of hydrogen-bond acceptors (Lipinski definition) is 3. The lowest BCUT2D eigenvalue weighted by Crippen LogP contribution is -2.58. The average Bonchev–Trinajstić information content (AvgIpc) is 2.25. The molecule has 0 aromatic carbocycles. The molecule has 0 aromatic heterocycles. The maximum Gasteiger partial charge on any atom is 0.0278 e. The van der Waals surface area contributed by atoms with Crippen molar-refractivity contribution in [3.8, 4) is 0 Å². The van der Waals surface area contributed by atoms with E-state index in [1.54, 1.807) is 0 Å². The summed E-state index contributed by atoms with van der Waals surface area (Å²) in [4.78, 5) is 2.63. The van der Waals surface area contributed by atoms with Gasteiger partial charge in [-0.15, -0.1) is 0 Å². The molecule has 90 valence electrons. The second-order valence-corrected chi connectivity index (χ2v) is 5.80. The lowest BCUT2D eigenvalue weighted by molar-refractivity contribution is 0.138. The van der Waals surface area contributed by atoms with Crippen LogP contribution in [-0.2, 0) is 0 Å². The van der Waals surface area contributed by atoms with Crippen molar-refractivity contribution in [1.29, 1.82) is 0 Å². The zero-order valence-electron chi connectivity index (χ0n) is 10.5. The quantitative estimate of drug-likeness (QED) is 0.704. The second kappa shape index (κ2) is 6.77. The molecular formula is C12H26N2S. The smallest absolute Gasteiger partial charge is 0.0278 e. The highest BCUT2D eigenvalue weighted by Gasteiger charge is 2.27. The fourth-order valence-electron chi connectivity index (χ4n) is 2.15. The summed E-state index contributed by atoms with van der Waals surface area (Å²) in [6.45, 7) is 9.54. The minimum atomic E-state index is 0.359. The molecule has 0 bridgehead atoms. The van der Waals surface area contributed by atoms with Gasteiger partial charge in [0.1, 0.15) is 0 Å². The van der Waals surface area contributed by atoms with Gasteiger partial charge in [0, 0.05) is 25.2 Å². The van der Waals surface area contributed by atoms with Crippen LogP contribution < -0.4 is 5.32 Å². The van der Waals surface area contributed by atoms with Gasteiger partial charge in [0.25, 0.3) is 0 Å². The first-order valence-electron chi connectivity index (χ1n) is 6.16. The molecule has 1 unspecified atom stereocenters. The number of thioether (sulfide) groups is 1. The highest BCUT2D eigenvalue weighted by Crippen LogP contribution is 2.15. The van der Waals surface area contributed by atoms with E-state index in [0.717, 1.165) is 6.54 Å². The highest BCUT2D eigenvalue weighted by molar-refractivity contribution is 7.98. The van der Waals surface area contributed by atoms with Crippen LogP contribution in [0.25, 0.3) is 0 Å². The Balaban J connectivity index is 2.18. The van der Waals surface area contributed by atoms with Gasteiger partial charge in [-0.3, -0.25) is 0 Å². The molecule has 15 heavy (non-hydrogen) atoms. The highest BCUT2D eigenvalue weighted by atomic mass is 32.2. The summed E-state index contributed by atoms with van der Waals surface area (Å²) >= 11 is 1.96. The van der Waals surface area contributed by atoms with Crippen molar-refractivity contribution < 1.29 is 0 Å². The van der Waals surface area contributed by atoms with Crippen LogP contribution in [0, 0.1) is 0 Å². The monoisotopic (exact) mass is 230 g/mol. The SMILES string of the molecule is CCC1(C)CN(CCCCSC)CCN1. The lowest BCUT2D eigenvalue weighted by atomic mass is 9.96. The van der Waals surface area contributed by atoms with Gasteiger partial charge in [0.05, 0.1) is 0 Å². The molecule has 2 nitrogen and oxygen atoms in total. The minimum absolute atomic E-state index is 0.359. The molecule has 1 saturated heterocycles. The summed E-state index contributed by atoms with van der Waals surface area (Å²) in [5.41, 5.74) is 0.359. The van der Waals surface area contributed by atoms with E-state index in [4.69, 9.17) is 0 Å². The first-order chi connectivity index (χ1) is 7.20. The summed E-state index contributed by atoms with van der Waals surface area (Å²) < 4.78 is 0. The van der Waals surface area contributed by atoms with Crippen molar-refractivity contribution in [2.24, 2.45) is 0 Å². The molecule has 0 aliphatic carbocycles. The number of hydrogen-bond donors (Lipinski definition) is 1. The van der Waals surface area contributed by atoms with Gasteiger partial charge in [-0.05, 0) is 44.7 Å². The van der Waals surface area contributed by atoms with Gasteiger partial charge >= 0.3 is 0 Å². The third-order valence-corrected chi connectivity index (χ3v) is 4.10. The molecule has 0 saturated carbocycles. The van der Waals surface area contributed by atoms with Crippen molar-refractivity contribution in [3.05, 3.63) is 0 Å². The van der Waals surface area contributed by atoms with Crippen molar-refractivity contribution in [2.45, 2.75) is 38.6 Å².